The molecule has 2 bridgehead atoms. The van der Waals surface area contributed by atoms with E-state index >= 15 is 0 Å². The van der Waals surface area contributed by atoms with Gasteiger partial charge in [0.05, 0.1) is 11.8 Å². The molecule has 4 aliphatic carbocycles. The second kappa shape index (κ2) is 7.81. The first kappa shape index (κ1) is 23.1. The van der Waals surface area contributed by atoms with Gasteiger partial charge in [0.1, 0.15) is 15.8 Å². The summed E-state index contributed by atoms with van der Waals surface area (Å²) in [5.41, 5.74) is 3.03. The molecule has 0 aromatic heterocycles. The number of imide groups is 1. The fraction of sp³-hybridized carbons (Fsp3) is 0.464. The third kappa shape index (κ3) is 2.91. The van der Waals surface area contributed by atoms with Crippen molar-refractivity contribution in [2.45, 2.75) is 61.4 Å². The summed E-state index contributed by atoms with van der Waals surface area (Å²) in [7, 11) is 0. The zero-order valence-electron chi connectivity index (χ0n) is 19.8. The van der Waals surface area contributed by atoms with Crippen molar-refractivity contribution < 1.29 is 14.4 Å². The number of halogens is 2. The van der Waals surface area contributed by atoms with Gasteiger partial charge in [-0.3, -0.25) is 19.3 Å². The minimum Gasteiger partial charge on any atom is -0.352 e. The molecule has 5 aliphatic rings. The second-order valence-corrected chi connectivity index (χ2v) is 11.9. The Morgan fingerprint density at radius 2 is 1.26 bits per heavy atom. The highest BCUT2D eigenvalue weighted by atomic mass is 35.5. The van der Waals surface area contributed by atoms with E-state index in [4.69, 9.17) is 23.2 Å². The summed E-state index contributed by atoms with van der Waals surface area (Å²) in [6.45, 7) is 3.84. The first-order valence-electron chi connectivity index (χ1n) is 12.5. The van der Waals surface area contributed by atoms with Crippen molar-refractivity contribution in [3.63, 3.8) is 0 Å². The molecule has 2 aromatic carbocycles. The highest BCUT2D eigenvalue weighted by Crippen LogP contribution is 2.69. The number of hydrogen-bond acceptors (Lipinski definition) is 3. The SMILES string of the molecule is CC1CCC(NC(=O)[C@H](C)N2C(=O)[C@@H]3[C@H](C2=O)C2(Cl)c4ccccc4C3(Cl)c3ccccc32)CC1. The van der Waals surface area contributed by atoms with Crippen LogP contribution in [0.15, 0.2) is 48.5 Å². The van der Waals surface area contributed by atoms with Crippen LogP contribution in [0.25, 0.3) is 0 Å². The standard InChI is InChI=1S/C28H28Cl2N2O3/c1-15-11-13-17(14-12-15)31-24(33)16(2)32-25(34)22-23(26(32)35)28(30)19-8-4-3-7-18(19)27(22,29)20-9-5-6-10-21(20)28/h3-10,15-17,22-23H,11-14H2,1-2H3,(H,31,33)/t15?,16-,17?,22-,23+,27?,28?/m0/s1. The molecule has 1 saturated carbocycles. The van der Waals surface area contributed by atoms with Crippen LogP contribution in [-0.4, -0.2) is 34.7 Å². The Kier molecular flexibility index (Phi) is 5.15. The lowest BCUT2D eigenvalue weighted by Crippen LogP contribution is -2.57. The monoisotopic (exact) mass is 510 g/mol. The predicted molar refractivity (Wildman–Crippen MR) is 134 cm³/mol. The van der Waals surface area contributed by atoms with E-state index in [2.05, 4.69) is 12.2 Å². The molecule has 3 atom stereocenters. The molecule has 0 spiro atoms. The van der Waals surface area contributed by atoms with E-state index in [1.165, 1.54) is 0 Å². The van der Waals surface area contributed by atoms with Crippen LogP contribution in [0.1, 0.15) is 61.8 Å². The number of carbonyl (C=O) groups excluding carboxylic acids is 3. The summed E-state index contributed by atoms with van der Waals surface area (Å²) >= 11 is 14.9. The van der Waals surface area contributed by atoms with E-state index in [9.17, 15) is 14.4 Å². The summed E-state index contributed by atoms with van der Waals surface area (Å²) in [5, 5.41) is 3.08. The lowest BCUT2D eigenvalue weighted by molar-refractivity contribution is -0.147. The van der Waals surface area contributed by atoms with Crippen molar-refractivity contribution >= 4 is 40.9 Å². The molecule has 2 fully saturated rings. The summed E-state index contributed by atoms with van der Waals surface area (Å²) in [5.74, 6) is -2.27. The zero-order valence-corrected chi connectivity index (χ0v) is 21.3. The van der Waals surface area contributed by atoms with Crippen LogP contribution in [0, 0.1) is 17.8 Å². The number of benzene rings is 2. The van der Waals surface area contributed by atoms with Crippen molar-refractivity contribution in [3.05, 3.63) is 70.8 Å². The number of nitrogens with one attached hydrogen (secondary N) is 1. The van der Waals surface area contributed by atoms with Gasteiger partial charge < -0.3 is 5.32 Å². The molecule has 0 unspecified atom stereocenters. The van der Waals surface area contributed by atoms with Crippen LogP contribution in [0.4, 0.5) is 0 Å². The smallest absolute Gasteiger partial charge is 0.243 e. The van der Waals surface area contributed by atoms with Crippen LogP contribution in [0.5, 0.6) is 0 Å². The predicted octanol–water partition coefficient (Wildman–Crippen LogP) is 4.66. The van der Waals surface area contributed by atoms with Crippen molar-refractivity contribution in [1.29, 1.82) is 0 Å². The molecule has 1 aliphatic heterocycles. The fourth-order valence-electron chi connectivity index (χ4n) is 6.91. The molecular weight excluding hydrogens is 483 g/mol. The Morgan fingerprint density at radius 3 is 1.66 bits per heavy atom. The number of rotatable bonds is 3. The van der Waals surface area contributed by atoms with E-state index in [0.717, 1.165) is 52.8 Å². The minimum absolute atomic E-state index is 0.0691. The first-order chi connectivity index (χ1) is 16.7. The Hall–Kier alpha value is -2.37. The topological polar surface area (TPSA) is 66.5 Å². The van der Waals surface area contributed by atoms with E-state index in [1.54, 1.807) is 6.92 Å². The van der Waals surface area contributed by atoms with Crippen LogP contribution >= 0.6 is 23.2 Å². The third-order valence-corrected chi connectivity index (χ3v) is 10.0. The van der Waals surface area contributed by atoms with Gasteiger partial charge in [-0.25, -0.2) is 0 Å². The molecule has 7 heteroatoms. The maximum atomic E-state index is 14.0. The Balaban J connectivity index is 1.40. The number of amides is 3. The van der Waals surface area contributed by atoms with Gasteiger partial charge in [0, 0.05) is 6.04 Å². The quantitative estimate of drug-likeness (QED) is 0.482. The molecular formula is C28H28Cl2N2O3. The van der Waals surface area contributed by atoms with Gasteiger partial charge in [0.15, 0.2) is 0 Å². The average Bonchev–Trinajstić information content (AvgIpc) is 3.14. The normalized spacial score (nSPS) is 35.8. The summed E-state index contributed by atoms with van der Waals surface area (Å²) in [4.78, 5) is 39.8. The Morgan fingerprint density at radius 1 is 0.857 bits per heavy atom. The molecule has 7 rings (SSSR count). The van der Waals surface area contributed by atoms with E-state index < -0.39 is 39.4 Å². The van der Waals surface area contributed by atoms with Gasteiger partial charge in [-0.2, -0.15) is 0 Å². The molecule has 5 nitrogen and oxygen atoms in total. The largest absolute Gasteiger partial charge is 0.352 e. The summed E-state index contributed by atoms with van der Waals surface area (Å²) in [6.07, 6.45) is 3.94. The maximum Gasteiger partial charge on any atom is 0.243 e. The average molecular weight is 511 g/mol. The molecule has 1 N–H and O–H groups in total. The van der Waals surface area contributed by atoms with E-state index in [0.29, 0.717) is 5.92 Å². The maximum absolute atomic E-state index is 14.0. The molecule has 0 radical (unpaired) electrons. The highest BCUT2D eigenvalue weighted by Gasteiger charge is 2.73. The number of carbonyl (C=O) groups is 3. The van der Waals surface area contributed by atoms with E-state index in [-0.39, 0.29) is 11.9 Å². The van der Waals surface area contributed by atoms with Crippen molar-refractivity contribution in [1.82, 2.24) is 10.2 Å². The van der Waals surface area contributed by atoms with Gasteiger partial charge in [0.2, 0.25) is 17.7 Å². The van der Waals surface area contributed by atoms with Gasteiger partial charge in [-0.05, 0) is 60.8 Å². The first-order valence-corrected chi connectivity index (χ1v) is 13.2. The molecule has 1 heterocycles. The van der Waals surface area contributed by atoms with Crippen molar-refractivity contribution in [2.75, 3.05) is 0 Å². The number of hydrogen-bond donors (Lipinski definition) is 1. The highest BCUT2D eigenvalue weighted by molar-refractivity contribution is 6.36. The van der Waals surface area contributed by atoms with Crippen molar-refractivity contribution in [2.24, 2.45) is 17.8 Å². The van der Waals surface area contributed by atoms with Crippen LogP contribution in [0.2, 0.25) is 0 Å². The van der Waals surface area contributed by atoms with Crippen molar-refractivity contribution in [3.8, 4) is 0 Å². The van der Waals surface area contributed by atoms with Gasteiger partial charge in [-0.15, -0.1) is 23.2 Å². The molecule has 2 aromatic rings. The van der Waals surface area contributed by atoms with Crippen LogP contribution in [0.3, 0.4) is 0 Å². The number of alkyl halides is 2. The minimum atomic E-state index is -1.23. The van der Waals surface area contributed by atoms with E-state index in [1.807, 2.05) is 48.5 Å². The van der Waals surface area contributed by atoms with Crippen LogP contribution in [-0.2, 0) is 24.1 Å². The third-order valence-electron chi connectivity index (χ3n) is 8.75. The number of nitrogens with zero attached hydrogens (tertiary/aromatic N) is 1. The Labute approximate surface area is 215 Å². The molecule has 3 amide bonds. The second-order valence-electron chi connectivity index (χ2n) is 10.7. The lowest BCUT2D eigenvalue weighted by atomic mass is 9.54. The molecule has 1 saturated heterocycles. The number of likely N-dealkylation sites (tertiary alicyclic amines) is 1. The fourth-order valence-corrected chi connectivity index (χ4v) is 8.01. The van der Waals surface area contributed by atoms with Gasteiger partial charge >= 0.3 is 0 Å². The lowest BCUT2D eigenvalue weighted by Gasteiger charge is -2.54. The zero-order chi connectivity index (χ0) is 24.7. The summed E-state index contributed by atoms with van der Waals surface area (Å²) in [6, 6.07) is 14.2. The summed E-state index contributed by atoms with van der Waals surface area (Å²) < 4.78 is 0. The molecule has 35 heavy (non-hydrogen) atoms. The molecule has 182 valence electrons. The Bertz CT molecular complexity index is 1130. The van der Waals surface area contributed by atoms with Gasteiger partial charge in [0.25, 0.3) is 0 Å². The van der Waals surface area contributed by atoms with Gasteiger partial charge in [-0.1, -0.05) is 55.5 Å². The van der Waals surface area contributed by atoms with Crippen LogP contribution < -0.4 is 5.32 Å².